The number of hydrogen-bond donors (Lipinski definition) is 1. The SMILES string of the molecule is Cc1cc(CN(CCO)C2CCC2)n(C)n1. The van der Waals surface area contributed by atoms with Crippen LogP contribution in [0.3, 0.4) is 0 Å². The maximum absolute atomic E-state index is 9.09. The molecule has 0 spiro atoms. The minimum absolute atomic E-state index is 0.243. The first kappa shape index (κ1) is 11.6. The highest BCUT2D eigenvalue weighted by molar-refractivity contribution is 5.08. The molecule has 16 heavy (non-hydrogen) atoms. The Hall–Kier alpha value is -0.870. The van der Waals surface area contributed by atoms with Gasteiger partial charge in [-0.2, -0.15) is 5.10 Å². The summed E-state index contributed by atoms with van der Waals surface area (Å²) in [5.74, 6) is 0. The Kier molecular flexibility index (Phi) is 3.61. The van der Waals surface area contributed by atoms with Crippen LogP contribution in [0.1, 0.15) is 30.7 Å². The predicted octanol–water partition coefficient (Wildman–Crippen LogP) is 1.08. The molecular weight excluding hydrogens is 202 g/mol. The number of aryl methyl sites for hydroxylation is 2. The van der Waals surface area contributed by atoms with Gasteiger partial charge in [0.05, 0.1) is 18.0 Å². The molecular formula is C12H21N3O. The monoisotopic (exact) mass is 223 g/mol. The van der Waals surface area contributed by atoms with E-state index in [0.717, 1.165) is 18.8 Å². The quantitative estimate of drug-likeness (QED) is 0.812. The van der Waals surface area contributed by atoms with E-state index in [-0.39, 0.29) is 6.61 Å². The second-order valence-corrected chi connectivity index (χ2v) is 4.68. The number of rotatable bonds is 5. The van der Waals surface area contributed by atoms with E-state index in [1.54, 1.807) is 0 Å². The molecule has 0 saturated heterocycles. The average Bonchev–Trinajstić information content (AvgIpc) is 2.42. The molecule has 0 amide bonds. The van der Waals surface area contributed by atoms with Crippen LogP contribution in [0, 0.1) is 6.92 Å². The molecule has 1 heterocycles. The largest absolute Gasteiger partial charge is 0.395 e. The Bertz CT molecular complexity index is 344. The fourth-order valence-electron chi connectivity index (χ4n) is 2.29. The fraction of sp³-hybridized carbons (Fsp3) is 0.750. The van der Waals surface area contributed by atoms with Crippen LogP contribution in [0.15, 0.2) is 6.07 Å². The molecule has 1 aliphatic carbocycles. The van der Waals surface area contributed by atoms with Crippen LogP contribution >= 0.6 is 0 Å². The lowest BCUT2D eigenvalue weighted by Gasteiger charge is -2.37. The van der Waals surface area contributed by atoms with Gasteiger partial charge in [-0.3, -0.25) is 9.58 Å². The Labute approximate surface area is 96.9 Å². The van der Waals surface area contributed by atoms with Crippen molar-refractivity contribution in [3.05, 3.63) is 17.5 Å². The summed E-state index contributed by atoms with van der Waals surface area (Å²) in [4.78, 5) is 2.37. The molecule has 1 aromatic rings. The number of nitrogens with zero attached hydrogens (tertiary/aromatic N) is 3. The third kappa shape index (κ3) is 2.44. The van der Waals surface area contributed by atoms with E-state index in [0.29, 0.717) is 6.04 Å². The average molecular weight is 223 g/mol. The van der Waals surface area contributed by atoms with Crippen LogP contribution in [0.25, 0.3) is 0 Å². The molecule has 0 bridgehead atoms. The van der Waals surface area contributed by atoms with Gasteiger partial charge >= 0.3 is 0 Å². The Morgan fingerprint density at radius 2 is 2.31 bits per heavy atom. The molecule has 0 aromatic carbocycles. The summed E-state index contributed by atoms with van der Waals surface area (Å²) < 4.78 is 1.94. The molecule has 0 unspecified atom stereocenters. The molecule has 90 valence electrons. The van der Waals surface area contributed by atoms with Crippen LogP contribution in [-0.2, 0) is 13.6 Å². The summed E-state index contributed by atoms with van der Waals surface area (Å²) in [5, 5.41) is 13.4. The van der Waals surface area contributed by atoms with Crippen molar-refractivity contribution in [2.24, 2.45) is 7.05 Å². The van der Waals surface area contributed by atoms with E-state index < -0.39 is 0 Å². The molecule has 0 atom stereocenters. The summed E-state index contributed by atoms with van der Waals surface area (Å²) in [6, 6.07) is 2.80. The number of aliphatic hydroxyl groups excluding tert-OH is 1. The van der Waals surface area contributed by atoms with Gasteiger partial charge in [0, 0.05) is 26.2 Å². The maximum Gasteiger partial charge on any atom is 0.0597 e. The van der Waals surface area contributed by atoms with Crippen molar-refractivity contribution < 1.29 is 5.11 Å². The summed E-state index contributed by atoms with van der Waals surface area (Å²) >= 11 is 0. The first-order chi connectivity index (χ1) is 7.70. The lowest BCUT2D eigenvalue weighted by atomic mass is 9.91. The molecule has 0 radical (unpaired) electrons. The van der Waals surface area contributed by atoms with Crippen molar-refractivity contribution in [3.8, 4) is 0 Å². The van der Waals surface area contributed by atoms with Gasteiger partial charge in [0.2, 0.25) is 0 Å². The highest BCUT2D eigenvalue weighted by atomic mass is 16.3. The highest BCUT2D eigenvalue weighted by Gasteiger charge is 2.25. The normalized spacial score (nSPS) is 16.8. The van der Waals surface area contributed by atoms with Gasteiger partial charge < -0.3 is 5.11 Å². The van der Waals surface area contributed by atoms with Gasteiger partial charge in [-0.25, -0.2) is 0 Å². The zero-order valence-electron chi connectivity index (χ0n) is 10.2. The fourth-order valence-corrected chi connectivity index (χ4v) is 2.29. The van der Waals surface area contributed by atoms with Crippen LogP contribution in [0.2, 0.25) is 0 Å². The third-order valence-electron chi connectivity index (χ3n) is 3.44. The summed E-state index contributed by atoms with van der Waals surface area (Å²) in [6.45, 7) is 3.94. The van der Waals surface area contributed by atoms with Gasteiger partial charge in [0.25, 0.3) is 0 Å². The molecule has 1 aliphatic rings. The Morgan fingerprint density at radius 3 is 2.75 bits per heavy atom. The van der Waals surface area contributed by atoms with Crippen LogP contribution in [0.5, 0.6) is 0 Å². The maximum atomic E-state index is 9.09. The van der Waals surface area contributed by atoms with Crippen molar-refractivity contribution >= 4 is 0 Å². The third-order valence-corrected chi connectivity index (χ3v) is 3.44. The smallest absolute Gasteiger partial charge is 0.0597 e. The van der Waals surface area contributed by atoms with Gasteiger partial charge in [-0.1, -0.05) is 6.42 Å². The lowest BCUT2D eigenvalue weighted by molar-refractivity contribution is 0.0922. The molecule has 2 rings (SSSR count). The van der Waals surface area contributed by atoms with E-state index in [9.17, 15) is 0 Å². The molecule has 0 aliphatic heterocycles. The molecule has 1 fully saturated rings. The zero-order valence-corrected chi connectivity index (χ0v) is 10.2. The highest BCUT2D eigenvalue weighted by Crippen LogP contribution is 2.25. The van der Waals surface area contributed by atoms with Gasteiger partial charge in [0.1, 0.15) is 0 Å². The van der Waals surface area contributed by atoms with Crippen molar-refractivity contribution in [1.82, 2.24) is 14.7 Å². The van der Waals surface area contributed by atoms with Gasteiger partial charge in [-0.15, -0.1) is 0 Å². The first-order valence-corrected chi connectivity index (χ1v) is 6.05. The van der Waals surface area contributed by atoms with Crippen molar-refractivity contribution in [3.63, 3.8) is 0 Å². The summed E-state index contributed by atoms with van der Waals surface area (Å²) in [6.07, 6.45) is 3.88. The Morgan fingerprint density at radius 1 is 1.56 bits per heavy atom. The topological polar surface area (TPSA) is 41.3 Å². The number of aliphatic hydroxyl groups is 1. The van der Waals surface area contributed by atoms with Gasteiger partial charge in [0.15, 0.2) is 0 Å². The molecule has 1 saturated carbocycles. The molecule has 1 N–H and O–H groups in total. The van der Waals surface area contributed by atoms with E-state index in [2.05, 4.69) is 16.1 Å². The Balaban J connectivity index is 2.01. The first-order valence-electron chi connectivity index (χ1n) is 6.05. The standard InChI is InChI=1S/C12H21N3O/c1-10-8-12(14(2)13-10)9-15(6-7-16)11-4-3-5-11/h8,11,16H,3-7,9H2,1-2H3. The summed E-state index contributed by atoms with van der Waals surface area (Å²) in [7, 11) is 1.99. The van der Waals surface area contributed by atoms with E-state index >= 15 is 0 Å². The minimum Gasteiger partial charge on any atom is -0.395 e. The van der Waals surface area contributed by atoms with Crippen LogP contribution < -0.4 is 0 Å². The molecule has 4 heteroatoms. The van der Waals surface area contributed by atoms with Crippen LogP contribution in [-0.4, -0.2) is 39.0 Å². The van der Waals surface area contributed by atoms with E-state index in [1.807, 2.05) is 18.7 Å². The van der Waals surface area contributed by atoms with Crippen LogP contribution in [0.4, 0.5) is 0 Å². The molecule has 4 nitrogen and oxygen atoms in total. The lowest BCUT2D eigenvalue weighted by Crippen LogP contribution is -2.41. The van der Waals surface area contributed by atoms with E-state index in [4.69, 9.17) is 5.11 Å². The summed E-state index contributed by atoms with van der Waals surface area (Å²) in [5.41, 5.74) is 2.30. The van der Waals surface area contributed by atoms with Crippen molar-refractivity contribution in [1.29, 1.82) is 0 Å². The second-order valence-electron chi connectivity index (χ2n) is 4.68. The van der Waals surface area contributed by atoms with Gasteiger partial charge in [-0.05, 0) is 25.8 Å². The zero-order chi connectivity index (χ0) is 11.5. The minimum atomic E-state index is 0.243. The van der Waals surface area contributed by atoms with Crippen molar-refractivity contribution in [2.75, 3.05) is 13.2 Å². The number of hydrogen-bond acceptors (Lipinski definition) is 3. The van der Waals surface area contributed by atoms with Crippen molar-refractivity contribution in [2.45, 2.75) is 38.8 Å². The number of aromatic nitrogens is 2. The second kappa shape index (κ2) is 4.97. The molecule has 1 aromatic heterocycles. The van der Waals surface area contributed by atoms with E-state index in [1.165, 1.54) is 25.0 Å². The predicted molar refractivity (Wildman–Crippen MR) is 63.1 cm³/mol.